The quantitative estimate of drug-likeness (QED) is 0.160. The zero-order valence-electron chi connectivity index (χ0n) is 33.9. The SMILES string of the molecule is c1ccc(-c2ccc(N(c3ccc(-c4ccc5ccc(-c6cccc7ccccc67)cc5c4)cc3)c3cccc4c3oc3c(-c5ccccc5)cc5ccccc5c34)cc2)cc1. The molecule has 0 fully saturated rings. The van der Waals surface area contributed by atoms with Crippen LogP contribution >= 0.6 is 0 Å². The summed E-state index contributed by atoms with van der Waals surface area (Å²) in [7, 11) is 0. The molecule has 0 radical (unpaired) electrons. The molecule has 2 nitrogen and oxygen atoms in total. The van der Waals surface area contributed by atoms with E-state index in [1.165, 1.54) is 60.1 Å². The molecule has 0 spiro atoms. The number of benzene rings is 11. The summed E-state index contributed by atoms with van der Waals surface area (Å²) in [5.74, 6) is 0. The Morgan fingerprint density at radius 3 is 1.55 bits per heavy atom. The van der Waals surface area contributed by atoms with Crippen molar-refractivity contribution >= 4 is 71.3 Å². The Morgan fingerprint density at radius 1 is 0.274 bits per heavy atom. The molecule has 1 heterocycles. The lowest BCUT2D eigenvalue weighted by Crippen LogP contribution is -2.10. The Kier molecular flexibility index (Phi) is 8.53. The minimum Gasteiger partial charge on any atom is -0.453 e. The number of hydrogen-bond donors (Lipinski definition) is 0. The first-order valence-corrected chi connectivity index (χ1v) is 21.2. The van der Waals surface area contributed by atoms with Crippen molar-refractivity contribution in [3.63, 3.8) is 0 Å². The van der Waals surface area contributed by atoms with Gasteiger partial charge in [0.15, 0.2) is 5.58 Å². The van der Waals surface area contributed by atoms with Gasteiger partial charge in [-0.15, -0.1) is 0 Å². The highest BCUT2D eigenvalue weighted by Gasteiger charge is 2.22. The maximum atomic E-state index is 7.15. The third-order valence-corrected chi connectivity index (χ3v) is 12.4. The fraction of sp³-hybridized carbons (Fsp3) is 0. The van der Waals surface area contributed by atoms with Crippen LogP contribution < -0.4 is 4.90 Å². The molecular formula is C60H39NO. The first-order chi connectivity index (χ1) is 30.7. The predicted octanol–water partition coefficient (Wildman–Crippen LogP) is 17.2. The second-order valence-electron chi connectivity index (χ2n) is 16.1. The fourth-order valence-corrected chi connectivity index (χ4v) is 9.38. The van der Waals surface area contributed by atoms with E-state index in [1.807, 2.05) is 0 Å². The summed E-state index contributed by atoms with van der Waals surface area (Å²) in [6.07, 6.45) is 0. The van der Waals surface area contributed by atoms with Crippen molar-refractivity contribution in [2.75, 3.05) is 4.90 Å². The molecule has 0 saturated carbocycles. The molecule has 12 aromatic rings. The number of nitrogens with zero attached hydrogens (tertiary/aromatic N) is 1. The molecule has 0 amide bonds. The van der Waals surface area contributed by atoms with E-state index in [0.29, 0.717) is 0 Å². The first kappa shape index (κ1) is 35.7. The van der Waals surface area contributed by atoms with Crippen LogP contribution in [0.25, 0.3) is 98.8 Å². The van der Waals surface area contributed by atoms with Crippen molar-refractivity contribution < 1.29 is 4.42 Å². The summed E-state index contributed by atoms with van der Waals surface area (Å²) in [5.41, 5.74) is 14.2. The van der Waals surface area contributed by atoms with Gasteiger partial charge in [-0.1, -0.05) is 188 Å². The third-order valence-electron chi connectivity index (χ3n) is 12.4. The van der Waals surface area contributed by atoms with E-state index in [0.717, 1.165) is 55.7 Å². The van der Waals surface area contributed by atoms with Crippen LogP contribution in [-0.2, 0) is 0 Å². The highest BCUT2D eigenvalue weighted by molar-refractivity contribution is 6.24. The van der Waals surface area contributed by atoms with Gasteiger partial charge in [-0.05, 0) is 120 Å². The van der Waals surface area contributed by atoms with Crippen LogP contribution in [0.5, 0.6) is 0 Å². The molecule has 290 valence electrons. The smallest absolute Gasteiger partial charge is 0.159 e. The van der Waals surface area contributed by atoms with E-state index in [4.69, 9.17) is 4.42 Å². The molecule has 0 atom stereocenters. The van der Waals surface area contributed by atoms with Gasteiger partial charge in [-0.25, -0.2) is 0 Å². The van der Waals surface area contributed by atoms with E-state index in [1.54, 1.807) is 0 Å². The molecule has 0 N–H and O–H groups in total. The molecule has 1 aromatic heterocycles. The molecule has 11 aromatic carbocycles. The van der Waals surface area contributed by atoms with E-state index < -0.39 is 0 Å². The van der Waals surface area contributed by atoms with Crippen LogP contribution in [-0.4, -0.2) is 0 Å². The fourth-order valence-electron chi connectivity index (χ4n) is 9.38. The topological polar surface area (TPSA) is 16.4 Å². The number of fused-ring (bicyclic) bond motifs is 7. The molecule has 0 aliphatic rings. The van der Waals surface area contributed by atoms with Gasteiger partial charge in [0.05, 0.1) is 5.69 Å². The summed E-state index contributed by atoms with van der Waals surface area (Å²) < 4.78 is 7.15. The standard InChI is InChI=1S/C60H39NO/c1-3-13-40(14-4-1)41-29-33-50(34-30-41)61(57-24-12-23-55-58-54-21-10-8-18-47(54)39-56(60(58)62-59(55)57)45-15-5-2-6-16-45)51-35-31-42(32-36-51)46-27-25-43-26-28-48(38-49(43)37-46)53-22-11-19-44-17-7-9-20-52(44)53/h1-39H. The lowest BCUT2D eigenvalue weighted by Gasteiger charge is -2.26. The van der Waals surface area contributed by atoms with Crippen molar-refractivity contribution in [3.05, 3.63) is 237 Å². The maximum absolute atomic E-state index is 7.15. The minimum absolute atomic E-state index is 0.851. The summed E-state index contributed by atoms with van der Waals surface area (Å²) in [4.78, 5) is 2.34. The largest absolute Gasteiger partial charge is 0.453 e. The summed E-state index contributed by atoms with van der Waals surface area (Å²) in [6, 6.07) is 85.3. The summed E-state index contributed by atoms with van der Waals surface area (Å²) in [5, 5.41) is 9.56. The van der Waals surface area contributed by atoms with Gasteiger partial charge in [0, 0.05) is 27.7 Å². The van der Waals surface area contributed by atoms with Crippen molar-refractivity contribution in [2.24, 2.45) is 0 Å². The Morgan fingerprint density at radius 2 is 0.806 bits per heavy atom. The average Bonchev–Trinajstić information content (AvgIpc) is 3.75. The molecule has 2 heteroatoms. The zero-order chi connectivity index (χ0) is 41.0. The van der Waals surface area contributed by atoms with E-state index in [9.17, 15) is 0 Å². The van der Waals surface area contributed by atoms with Gasteiger partial charge in [-0.3, -0.25) is 0 Å². The van der Waals surface area contributed by atoms with Crippen LogP contribution in [0, 0.1) is 0 Å². The Hall–Kier alpha value is -8.20. The Balaban J connectivity index is 0.997. The van der Waals surface area contributed by atoms with Gasteiger partial charge in [0.2, 0.25) is 0 Å². The average molecular weight is 790 g/mol. The molecular weight excluding hydrogens is 751 g/mol. The minimum atomic E-state index is 0.851. The van der Waals surface area contributed by atoms with Gasteiger partial charge >= 0.3 is 0 Å². The van der Waals surface area contributed by atoms with E-state index >= 15 is 0 Å². The Labute approximate surface area is 360 Å². The van der Waals surface area contributed by atoms with Crippen molar-refractivity contribution in [3.8, 4) is 44.5 Å². The summed E-state index contributed by atoms with van der Waals surface area (Å²) in [6.45, 7) is 0. The van der Waals surface area contributed by atoms with E-state index in [-0.39, 0.29) is 0 Å². The maximum Gasteiger partial charge on any atom is 0.159 e. The third kappa shape index (κ3) is 6.12. The number of furan rings is 1. The molecule has 0 saturated heterocycles. The van der Waals surface area contributed by atoms with Gasteiger partial charge < -0.3 is 9.32 Å². The second-order valence-corrected chi connectivity index (χ2v) is 16.1. The first-order valence-electron chi connectivity index (χ1n) is 21.2. The monoisotopic (exact) mass is 789 g/mol. The zero-order valence-corrected chi connectivity index (χ0v) is 33.9. The van der Waals surface area contributed by atoms with Crippen molar-refractivity contribution in [2.45, 2.75) is 0 Å². The van der Waals surface area contributed by atoms with E-state index in [2.05, 4.69) is 241 Å². The van der Waals surface area contributed by atoms with Crippen LogP contribution in [0.2, 0.25) is 0 Å². The van der Waals surface area contributed by atoms with Crippen molar-refractivity contribution in [1.82, 2.24) is 0 Å². The number of anilines is 3. The lowest BCUT2D eigenvalue weighted by atomic mass is 9.95. The Bertz CT molecular complexity index is 3600. The number of hydrogen-bond acceptors (Lipinski definition) is 2. The molecule has 0 bridgehead atoms. The van der Waals surface area contributed by atoms with Gasteiger partial charge in [0.1, 0.15) is 5.58 Å². The van der Waals surface area contributed by atoms with Crippen LogP contribution in [0.1, 0.15) is 0 Å². The highest BCUT2D eigenvalue weighted by atomic mass is 16.3. The van der Waals surface area contributed by atoms with Crippen molar-refractivity contribution in [1.29, 1.82) is 0 Å². The molecule has 0 aliphatic heterocycles. The normalized spacial score (nSPS) is 11.5. The molecule has 12 rings (SSSR count). The van der Waals surface area contributed by atoms with Crippen LogP contribution in [0.15, 0.2) is 241 Å². The molecule has 0 aliphatic carbocycles. The van der Waals surface area contributed by atoms with Gasteiger partial charge in [-0.2, -0.15) is 0 Å². The number of para-hydroxylation sites is 1. The predicted molar refractivity (Wildman–Crippen MR) is 263 cm³/mol. The van der Waals surface area contributed by atoms with Crippen LogP contribution in [0.3, 0.4) is 0 Å². The number of rotatable bonds is 7. The highest BCUT2D eigenvalue weighted by Crippen LogP contribution is 2.47. The van der Waals surface area contributed by atoms with Crippen LogP contribution in [0.4, 0.5) is 17.1 Å². The molecule has 0 unspecified atom stereocenters. The summed E-state index contributed by atoms with van der Waals surface area (Å²) >= 11 is 0. The van der Waals surface area contributed by atoms with Gasteiger partial charge in [0.25, 0.3) is 0 Å². The lowest BCUT2D eigenvalue weighted by molar-refractivity contribution is 0.670. The second kappa shape index (κ2) is 14.8. The molecule has 62 heavy (non-hydrogen) atoms.